The van der Waals surface area contributed by atoms with Crippen molar-refractivity contribution in [2.24, 2.45) is 0 Å². The number of pyridine rings is 1. The lowest BCUT2D eigenvalue weighted by Crippen LogP contribution is -2.17. The predicted molar refractivity (Wildman–Crippen MR) is 64.8 cm³/mol. The third kappa shape index (κ3) is 1.55. The van der Waals surface area contributed by atoms with Gasteiger partial charge in [-0.05, 0) is 24.3 Å². The Labute approximate surface area is 100 Å². The van der Waals surface area contributed by atoms with Crippen molar-refractivity contribution in [1.82, 2.24) is 14.6 Å². The minimum absolute atomic E-state index is 0.0268. The highest BCUT2D eigenvalue weighted by Crippen LogP contribution is 2.45. The average Bonchev–Trinajstić information content (AvgIpc) is 2.80. The van der Waals surface area contributed by atoms with E-state index in [1.807, 2.05) is 6.07 Å². The van der Waals surface area contributed by atoms with Crippen molar-refractivity contribution in [2.45, 2.75) is 44.6 Å². The third-order valence-electron chi connectivity index (χ3n) is 3.43. The number of aliphatic hydroxyl groups is 1. The van der Waals surface area contributed by atoms with Crippen LogP contribution in [0.2, 0.25) is 0 Å². The van der Waals surface area contributed by atoms with Gasteiger partial charge in [0.05, 0.1) is 5.69 Å². The summed E-state index contributed by atoms with van der Waals surface area (Å²) in [4.78, 5) is 4.33. The van der Waals surface area contributed by atoms with Crippen LogP contribution in [0.15, 0.2) is 18.5 Å². The van der Waals surface area contributed by atoms with Crippen molar-refractivity contribution < 1.29 is 5.11 Å². The first-order valence-electron chi connectivity index (χ1n) is 5.98. The molecule has 2 aromatic rings. The van der Waals surface area contributed by atoms with Gasteiger partial charge in [-0.1, -0.05) is 26.8 Å². The van der Waals surface area contributed by atoms with Gasteiger partial charge in [-0.25, -0.2) is 9.50 Å². The van der Waals surface area contributed by atoms with Gasteiger partial charge in [-0.2, -0.15) is 5.10 Å². The molecule has 1 fully saturated rings. The van der Waals surface area contributed by atoms with Crippen molar-refractivity contribution in [3.05, 3.63) is 29.7 Å². The van der Waals surface area contributed by atoms with Gasteiger partial charge in [0.2, 0.25) is 0 Å². The Bertz CT molecular complexity index is 537. The fourth-order valence-corrected chi connectivity index (χ4v) is 2.22. The Morgan fingerprint density at radius 3 is 2.59 bits per heavy atom. The van der Waals surface area contributed by atoms with Gasteiger partial charge >= 0.3 is 0 Å². The number of hydrogen-bond donors (Lipinski definition) is 1. The highest BCUT2D eigenvalue weighted by Gasteiger charge is 2.44. The molecule has 0 radical (unpaired) electrons. The van der Waals surface area contributed by atoms with Gasteiger partial charge < -0.3 is 5.11 Å². The van der Waals surface area contributed by atoms with Gasteiger partial charge in [0.25, 0.3) is 0 Å². The Kier molecular flexibility index (Phi) is 1.94. The molecule has 17 heavy (non-hydrogen) atoms. The van der Waals surface area contributed by atoms with Gasteiger partial charge in [0.15, 0.2) is 5.65 Å². The second-order valence-electron chi connectivity index (χ2n) is 5.91. The van der Waals surface area contributed by atoms with E-state index in [1.165, 1.54) is 0 Å². The Morgan fingerprint density at radius 1 is 1.29 bits per heavy atom. The number of nitrogens with zero attached hydrogens (tertiary/aromatic N) is 3. The molecule has 0 saturated heterocycles. The summed E-state index contributed by atoms with van der Waals surface area (Å²) in [5.74, 6) is 0. The van der Waals surface area contributed by atoms with Crippen molar-refractivity contribution in [1.29, 1.82) is 0 Å². The van der Waals surface area contributed by atoms with Crippen LogP contribution >= 0.6 is 0 Å². The second kappa shape index (κ2) is 3.07. The lowest BCUT2D eigenvalue weighted by Gasteiger charge is -2.21. The molecule has 0 aromatic carbocycles. The third-order valence-corrected chi connectivity index (χ3v) is 3.43. The second-order valence-corrected chi connectivity index (χ2v) is 5.91. The zero-order valence-corrected chi connectivity index (χ0v) is 10.4. The minimum atomic E-state index is -0.678. The van der Waals surface area contributed by atoms with Crippen LogP contribution in [0.25, 0.3) is 5.65 Å². The molecule has 1 saturated carbocycles. The molecular weight excluding hydrogens is 214 g/mol. The number of rotatable bonds is 1. The van der Waals surface area contributed by atoms with Gasteiger partial charge in [0.1, 0.15) is 11.9 Å². The maximum Gasteiger partial charge on any atom is 0.159 e. The van der Waals surface area contributed by atoms with Crippen LogP contribution in [0.5, 0.6) is 0 Å². The number of hydrogen-bond acceptors (Lipinski definition) is 3. The van der Waals surface area contributed by atoms with Crippen molar-refractivity contribution >= 4 is 5.65 Å². The van der Waals surface area contributed by atoms with E-state index in [-0.39, 0.29) is 5.41 Å². The summed E-state index contributed by atoms with van der Waals surface area (Å²) in [5, 5.41) is 14.5. The molecule has 3 rings (SSSR count). The van der Waals surface area contributed by atoms with E-state index in [4.69, 9.17) is 0 Å². The first kappa shape index (κ1) is 10.7. The molecule has 1 aliphatic rings. The lowest BCUT2D eigenvalue weighted by molar-refractivity contribution is 0.143. The molecule has 4 nitrogen and oxygen atoms in total. The van der Waals surface area contributed by atoms with Gasteiger partial charge in [-0.3, -0.25) is 0 Å². The van der Waals surface area contributed by atoms with Crippen LogP contribution < -0.4 is 0 Å². The van der Waals surface area contributed by atoms with Gasteiger partial charge in [0, 0.05) is 5.56 Å². The summed E-state index contributed by atoms with van der Waals surface area (Å²) in [6, 6.07) is 4.05. The topological polar surface area (TPSA) is 50.4 Å². The summed E-state index contributed by atoms with van der Waals surface area (Å²) < 4.78 is 1.79. The molecule has 0 amide bonds. The number of fused-ring (bicyclic) bond motifs is 1. The first-order chi connectivity index (χ1) is 7.92. The standard InChI is InChI=1S/C13H17N3O/c1-12(2,3)9-4-5-10(13(17)6-7-13)16-11(9)14-8-15-16/h4-5,8,17H,6-7H2,1-3H3. The average molecular weight is 231 g/mol. The van der Waals surface area contributed by atoms with Crippen LogP contribution in [0, 0.1) is 0 Å². The van der Waals surface area contributed by atoms with E-state index in [0.29, 0.717) is 0 Å². The van der Waals surface area contributed by atoms with Gasteiger partial charge in [-0.15, -0.1) is 0 Å². The molecule has 0 spiro atoms. The summed E-state index contributed by atoms with van der Waals surface area (Å²) in [6.07, 6.45) is 3.19. The van der Waals surface area contributed by atoms with Crippen LogP contribution in [-0.2, 0) is 11.0 Å². The molecule has 90 valence electrons. The minimum Gasteiger partial charge on any atom is -0.384 e. The summed E-state index contributed by atoms with van der Waals surface area (Å²) in [5.41, 5.74) is 2.22. The zero-order chi connectivity index (χ0) is 12.3. The van der Waals surface area contributed by atoms with Crippen LogP contribution in [0.4, 0.5) is 0 Å². The Balaban J connectivity index is 2.27. The van der Waals surface area contributed by atoms with Crippen molar-refractivity contribution in [3.63, 3.8) is 0 Å². The molecule has 2 heterocycles. The smallest absolute Gasteiger partial charge is 0.159 e. The maximum absolute atomic E-state index is 10.2. The lowest BCUT2D eigenvalue weighted by atomic mass is 9.87. The normalized spacial score (nSPS) is 18.6. The molecular formula is C13H17N3O. The quantitative estimate of drug-likeness (QED) is 0.816. The fourth-order valence-electron chi connectivity index (χ4n) is 2.22. The predicted octanol–water partition coefficient (Wildman–Crippen LogP) is 2.01. The van der Waals surface area contributed by atoms with E-state index in [2.05, 4.69) is 36.9 Å². The summed E-state index contributed by atoms with van der Waals surface area (Å²) in [7, 11) is 0. The van der Waals surface area contributed by atoms with E-state index in [0.717, 1.165) is 29.7 Å². The summed E-state index contributed by atoms with van der Waals surface area (Å²) in [6.45, 7) is 6.47. The zero-order valence-electron chi connectivity index (χ0n) is 10.4. The molecule has 0 unspecified atom stereocenters. The highest BCUT2D eigenvalue weighted by molar-refractivity contribution is 5.52. The molecule has 0 bridgehead atoms. The van der Waals surface area contributed by atoms with Crippen LogP contribution in [0.3, 0.4) is 0 Å². The largest absolute Gasteiger partial charge is 0.384 e. The van der Waals surface area contributed by atoms with Crippen molar-refractivity contribution in [3.8, 4) is 0 Å². The van der Waals surface area contributed by atoms with E-state index in [9.17, 15) is 5.11 Å². The molecule has 0 atom stereocenters. The summed E-state index contributed by atoms with van der Waals surface area (Å²) >= 11 is 0. The molecule has 0 aliphatic heterocycles. The van der Waals surface area contributed by atoms with E-state index in [1.54, 1.807) is 10.8 Å². The van der Waals surface area contributed by atoms with Crippen LogP contribution in [0.1, 0.15) is 44.9 Å². The number of aromatic nitrogens is 3. The van der Waals surface area contributed by atoms with E-state index < -0.39 is 5.60 Å². The first-order valence-corrected chi connectivity index (χ1v) is 5.98. The Morgan fingerprint density at radius 2 is 2.00 bits per heavy atom. The molecule has 4 heteroatoms. The fraction of sp³-hybridized carbons (Fsp3) is 0.538. The molecule has 1 N–H and O–H groups in total. The van der Waals surface area contributed by atoms with Crippen LogP contribution in [-0.4, -0.2) is 19.7 Å². The van der Waals surface area contributed by atoms with Crippen molar-refractivity contribution in [2.75, 3.05) is 0 Å². The Hall–Kier alpha value is -1.42. The highest BCUT2D eigenvalue weighted by atomic mass is 16.3. The molecule has 2 aromatic heterocycles. The SMILES string of the molecule is CC(C)(C)c1ccc(C2(O)CC2)n2ncnc12. The maximum atomic E-state index is 10.2. The monoisotopic (exact) mass is 231 g/mol. The van der Waals surface area contributed by atoms with E-state index >= 15 is 0 Å². The molecule has 1 aliphatic carbocycles.